The summed E-state index contributed by atoms with van der Waals surface area (Å²) in [7, 11) is 0. The lowest BCUT2D eigenvalue weighted by molar-refractivity contribution is 0.0706. The summed E-state index contributed by atoms with van der Waals surface area (Å²) in [5.74, 6) is -0.149. The first-order chi connectivity index (χ1) is 15.7. The Balaban J connectivity index is 1.46. The zero-order valence-electron chi connectivity index (χ0n) is 18.2. The van der Waals surface area contributed by atoms with E-state index in [0.717, 1.165) is 60.2 Å². The molecule has 0 radical (unpaired) electrons. The van der Waals surface area contributed by atoms with E-state index in [0.29, 0.717) is 17.9 Å². The number of rotatable bonds is 5. The van der Waals surface area contributed by atoms with E-state index in [1.165, 1.54) is 19.3 Å². The number of benzene rings is 2. The van der Waals surface area contributed by atoms with Crippen molar-refractivity contribution in [2.45, 2.75) is 38.6 Å². The molecule has 32 heavy (non-hydrogen) atoms. The largest absolute Gasteiger partial charge is 0.339 e. The van der Waals surface area contributed by atoms with Crippen molar-refractivity contribution in [3.63, 3.8) is 0 Å². The number of para-hydroxylation sites is 1. The Morgan fingerprint density at radius 1 is 1.03 bits per heavy atom. The number of nitrogens with zero attached hydrogens (tertiary/aromatic N) is 2. The van der Waals surface area contributed by atoms with Crippen molar-refractivity contribution in [1.82, 2.24) is 14.9 Å². The number of nitrogens with one attached hydrogen (secondary N) is 1. The molecule has 6 heteroatoms. The minimum atomic E-state index is -0.523. The third-order valence-electron chi connectivity index (χ3n) is 7.01. The molecule has 1 amide bonds. The highest BCUT2D eigenvalue weighted by Crippen LogP contribution is 2.35. The molecule has 6 nitrogen and oxygen atoms in total. The van der Waals surface area contributed by atoms with E-state index >= 15 is 0 Å². The number of hydroxylamine groups is 1. The molecule has 1 saturated heterocycles. The van der Waals surface area contributed by atoms with Crippen LogP contribution in [0.25, 0.3) is 10.9 Å². The predicted molar refractivity (Wildman–Crippen MR) is 123 cm³/mol. The fraction of sp³-hybridized carbons (Fsp3) is 0.385. The highest BCUT2D eigenvalue weighted by molar-refractivity contribution is 6.11. The summed E-state index contributed by atoms with van der Waals surface area (Å²) < 4.78 is 2.26. The Labute approximate surface area is 187 Å². The molecule has 0 spiro atoms. The van der Waals surface area contributed by atoms with Gasteiger partial charge in [0.25, 0.3) is 5.91 Å². The zero-order valence-corrected chi connectivity index (χ0v) is 18.2. The van der Waals surface area contributed by atoms with Gasteiger partial charge in [0.15, 0.2) is 5.78 Å². The van der Waals surface area contributed by atoms with Gasteiger partial charge in [0.05, 0.1) is 0 Å². The number of amides is 1. The van der Waals surface area contributed by atoms with Crippen molar-refractivity contribution in [2.24, 2.45) is 5.92 Å². The normalized spacial score (nSPS) is 19.2. The first kappa shape index (κ1) is 20.9. The topological polar surface area (TPSA) is 74.6 Å². The summed E-state index contributed by atoms with van der Waals surface area (Å²) in [6, 6.07) is 15.4. The van der Waals surface area contributed by atoms with Crippen molar-refractivity contribution < 1.29 is 14.8 Å². The van der Waals surface area contributed by atoms with Crippen molar-refractivity contribution >= 4 is 22.6 Å². The monoisotopic (exact) mass is 431 g/mol. The van der Waals surface area contributed by atoms with E-state index in [4.69, 9.17) is 5.21 Å². The Kier molecular flexibility index (Phi) is 5.81. The SMILES string of the molecule is O=C(NO)c1ccc(Cn2c3c(c4ccccc42)C(=O)C(CN2CCCCC2)CC3)cc1. The fourth-order valence-corrected chi connectivity index (χ4v) is 5.35. The number of hydrogen-bond donors (Lipinski definition) is 2. The quantitative estimate of drug-likeness (QED) is 0.472. The number of fused-ring (bicyclic) bond motifs is 3. The minimum absolute atomic E-state index is 0.0798. The van der Waals surface area contributed by atoms with Crippen molar-refractivity contribution in [1.29, 1.82) is 0 Å². The molecule has 2 heterocycles. The maximum atomic E-state index is 13.6. The van der Waals surface area contributed by atoms with Crippen molar-refractivity contribution in [2.75, 3.05) is 19.6 Å². The van der Waals surface area contributed by atoms with Gasteiger partial charge >= 0.3 is 0 Å². The first-order valence-electron chi connectivity index (χ1n) is 11.6. The van der Waals surface area contributed by atoms with Gasteiger partial charge in [-0.3, -0.25) is 14.8 Å². The Morgan fingerprint density at radius 2 is 1.78 bits per heavy atom. The lowest BCUT2D eigenvalue weighted by Crippen LogP contribution is -2.38. The molecular weight excluding hydrogens is 402 g/mol. The van der Waals surface area contributed by atoms with Crippen molar-refractivity contribution in [3.8, 4) is 0 Å². The van der Waals surface area contributed by atoms with Crippen LogP contribution in [0.4, 0.5) is 0 Å². The van der Waals surface area contributed by atoms with Crippen molar-refractivity contribution in [3.05, 3.63) is 70.9 Å². The number of carbonyl (C=O) groups excluding carboxylic acids is 2. The number of hydrogen-bond acceptors (Lipinski definition) is 4. The number of piperidine rings is 1. The van der Waals surface area contributed by atoms with Crippen LogP contribution in [0.1, 0.15) is 57.7 Å². The zero-order chi connectivity index (χ0) is 22.1. The van der Waals surface area contributed by atoms with Crippen LogP contribution in [-0.4, -0.2) is 46.0 Å². The molecular formula is C26H29N3O3. The summed E-state index contributed by atoms with van der Waals surface area (Å²) in [4.78, 5) is 27.7. The second-order valence-electron chi connectivity index (χ2n) is 9.02. The van der Waals surface area contributed by atoms with Gasteiger partial charge in [-0.25, -0.2) is 5.48 Å². The predicted octanol–water partition coefficient (Wildman–Crippen LogP) is 4.04. The van der Waals surface area contributed by atoms with E-state index in [9.17, 15) is 9.59 Å². The fourth-order valence-electron chi connectivity index (χ4n) is 5.35. The van der Waals surface area contributed by atoms with Crippen LogP contribution >= 0.6 is 0 Å². The lowest BCUT2D eigenvalue weighted by atomic mass is 9.84. The molecule has 3 aromatic rings. The number of ketones is 1. The average molecular weight is 432 g/mol. The molecule has 166 valence electrons. The van der Waals surface area contributed by atoms with E-state index in [1.54, 1.807) is 17.6 Å². The summed E-state index contributed by atoms with van der Waals surface area (Å²) in [6.07, 6.45) is 5.58. The van der Waals surface area contributed by atoms with Gasteiger partial charge in [-0.05, 0) is 62.5 Å². The second-order valence-corrected chi connectivity index (χ2v) is 9.02. The van der Waals surface area contributed by atoms with Gasteiger partial charge in [-0.15, -0.1) is 0 Å². The molecule has 2 N–H and O–H groups in total. The molecule has 1 fully saturated rings. The average Bonchev–Trinajstić information content (AvgIpc) is 3.15. The number of likely N-dealkylation sites (tertiary alicyclic amines) is 1. The number of carbonyl (C=O) groups is 2. The summed E-state index contributed by atoms with van der Waals surface area (Å²) >= 11 is 0. The highest BCUT2D eigenvalue weighted by Gasteiger charge is 2.33. The molecule has 0 bridgehead atoms. The molecule has 5 rings (SSSR count). The number of Topliss-reactive ketones (excluding diaryl/α,β-unsaturated/α-hetero) is 1. The molecule has 2 aliphatic rings. The molecule has 1 aromatic heterocycles. The van der Waals surface area contributed by atoms with Crippen LogP contribution in [0.3, 0.4) is 0 Å². The van der Waals surface area contributed by atoms with Crippen LogP contribution in [0.2, 0.25) is 0 Å². The third-order valence-corrected chi connectivity index (χ3v) is 7.01. The van der Waals surface area contributed by atoms with Gasteiger partial charge in [0.2, 0.25) is 0 Å². The van der Waals surface area contributed by atoms with E-state index in [1.807, 2.05) is 24.3 Å². The minimum Gasteiger partial charge on any atom is -0.339 e. The van der Waals surface area contributed by atoms with E-state index < -0.39 is 5.91 Å². The Morgan fingerprint density at radius 3 is 2.53 bits per heavy atom. The summed E-state index contributed by atoms with van der Waals surface area (Å²) in [6.45, 7) is 3.75. The highest BCUT2D eigenvalue weighted by atomic mass is 16.5. The maximum Gasteiger partial charge on any atom is 0.274 e. The van der Waals surface area contributed by atoms with Gasteiger partial charge in [0, 0.05) is 46.7 Å². The van der Waals surface area contributed by atoms with E-state index in [-0.39, 0.29) is 5.92 Å². The van der Waals surface area contributed by atoms with Crippen LogP contribution in [0, 0.1) is 5.92 Å². The molecule has 1 unspecified atom stereocenters. The summed E-state index contributed by atoms with van der Waals surface area (Å²) in [5.41, 5.74) is 6.24. The Bertz CT molecular complexity index is 1140. The van der Waals surface area contributed by atoms with Gasteiger partial charge in [-0.2, -0.15) is 0 Å². The van der Waals surface area contributed by atoms with Gasteiger partial charge in [0.1, 0.15) is 0 Å². The van der Waals surface area contributed by atoms with Crippen LogP contribution in [0.5, 0.6) is 0 Å². The van der Waals surface area contributed by atoms with Crippen LogP contribution in [-0.2, 0) is 13.0 Å². The van der Waals surface area contributed by atoms with Gasteiger partial charge in [-0.1, -0.05) is 36.8 Å². The molecule has 2 aromatic carbocycles. The molecule has 1 atom stereocenters. The first-order valence-corrected chi connectivity index (χ1v) is 11.6. The summed E-state index contributed by atoms with van der Waals surface area (Å²) in [5, 5.41) is 9.88. The van der Waals surface area contributed by atoms with E-state index in [2.05, 4.69) is 21.6 Å². The smallest absolute Gasteiger partial charge is 0.274 e. The standard InChI is InChI=1S/C26H29N3O3/c30-25-20(17-28-14-4-1-5-15-28)12-13-23-24(25)21-6-2-3-7-22(21)29(23)16-18-8-10-19(11-9-18)26(31)27-32/h2-3,6-11,20,32H,1,4-5,12-17H2,(H,27,31). The second kappa shape index (κ2) is 8.88. The maximum absolute atomic E-state index is 13.6. The van der Waals surface area contributed by atoms with Gasteiger partial charge < -0.3 is 9.47 Å². The third kappa shape index (κ3) is 3.85. The molecule has 1 aliphatic heterocycles. The van der Waals surface area contributed by atoms with Crippen LogP contribution < -0.4 is 5.48 Å². The lowest BCUT2D eigenvalue weighted by Gasteiger charge is -2.31. The Hall–Kier alpha value is -2.96. The number of aromatic nitrogens is 1. The van der Waals surface area contributed by atoms with Crippen LogP contribution in [0.15, 0.2) is 48.5 Å². The molecule has 0 saturated carbocycles. The molecule has 1 aliphatic carbocycles.